The van der Waals surface area contributed by atoms with E-state index in [0.717, 1.165) is 6.42 Å². The summed E-state index contributed by atoms with van der Waals surface area (Å²) in [7, 11) is 0. The van der Waals surface area contributed by atoms with Gasteiger partial charge >= 0.3 is 5.97 Å². The van der Waals surface area contributed by atoms with Crippen molar-refractivity contribution >= 4 is 35.5 Å². The molecule has 48 heavy (non-hydrogen) atoms. The van der Waals surface area contributed by atoms with Crippen molar-refractivity contribution in [3.05, 3.63) is 47.9 Å². The van der Waals surface area contributed by atoms with Crippen LogP contribution in [0.2, 0.25) is 0 Å². The number of aromatic nitrogens is 2. The number of benzene rings is 1. The van der Waals surface area contributed by atoms with Gasteiger partial charge in [0, 0.05) is 43.9 Å². The number of ether oxygens (including phenoxy) is 1. The van der Waals surface area contributed by atoms with Crippen molar-refractivity contribution in [2.75, 3.05) is 19.7 Å². The molecule has 2 aromatic rings. The molecule has 1 aromatic carbocycles. The molecule has 0 bridgehead atoms. The van der Waals surface area contributed by atoms with Crippen molar-refractivity contribution in [1.82, 2.24) is 36.1 Å². The van der Waals surface area contributed by atoms with Gasteiger partial charge in [0.2, 0.25) is 23.6 Å². The molecule has 0 radical (unpaired) electrons. The monoisotopic (exact) mass is 663 g/mol. The zero-order chi connectivity index (χ0) is 34.2. The Hall–Kier alpha value is -4.92. The molecule has 0 unspecified atom stereocenters. The summed E-state index contributed by atoms with van der Waals surface area (Å²) >= 11 is 0. The van der Waals surface area contributed by atoms with Gasteiger partial charge < -0.3 is 36.0 Å². The number of carboxylic acids is 1. The predicted octanol–water partition coefficient (Wildman–Crippen LogP) is 0.465. The van der Waals surface area contributed by atoms with E-state index in [0.29, 0.717) is 49.5 Å². The molecule has 3 aliphatic heterocycles. The SMILES string of the molecule is Cc1ncc(C(=O)N[C@@H]2C[C@H]3C(=O)N[C@H](C(=O)O)CCC(=O)NCCCC[C@H](NC(=O)[C@@H]4CCCO4)C(=O)N3C2)c(-c2ccccc2)n1. The Morgan fingerprint density at radius 1 is 1.02 bits per heavy atom. The summed E-state index contributed by atoms with van der Waals surface area (Å²) in [5, 5.41) is 20.8. The maximum atomic E-state index is 14.2. The van der Waals surface area contributed by atoms with Gasteiger partial charge in [-0.15, -0.1) is 0 Å². The average molecular weight is 664 g/mol. The zero-order valence-corrected chi connectivity index (χ0v) is 26.8. The number of rotatable bonds is 6. The number of aryl methyl sites for hydroxylation is 1. The Morgan fingerprint density at radius 3 is 2.54 bits per heavy atom. The van der Waals surface area contributed by atoms with Crippen LogP contribution in [0.1, 0.15) is 67.5 Å². The van der Waals surface area contributed by atoms with Crippen LogP contribution in [0.25, 0.3) is 11.3 Å². The smallest absolute Gasteiger partial charge is 0.326 e. The number of carbonyl (C=O) groups is 6. The Balaban J connectivity index is 1.41. The van der Waals surface area contributed by atoms with E-state index in [1.807, 2.05) is 30.3 Å². The van der Waals surface area contributed by atoms with Crippen LogP contribution in [0.3, 0.4) is 0 Å². The van der Waals surface area contributed by atoms with Gasteiger partial charge in [0.05, 0.1) is 11.3 Å². The second-order valence-electron chi connectivity index (χ2n) is 12.3. The van der Waals surface area contributed by atoms with Crippen LogP contribution in [0.15, 0.2) is 36.5 Å². The molecule has 0 spiro atoms. The molecular formula is C33H41N7O8. The van der Waals surface area contributed by atoms with Crippen molar-refractivity contribution in [3.63, 3.8) is 0 Å². The molecule has 5 rings (SSSR count). The molecule has 3 fully saturated rings. The van der Waals surface area contributed by atoms with Gasteiger partial charge in [0.25, 0.3) is 5.91 Å². The third-order valence-electron chi connectivity index (χ3n) is 8.78. The average Bonchev–Trinajstić information content (AvgIpc) is 3.76. The minimum Gasteiger partial charge on any atom is -0.480 e. The van der Waals surface area contributed by atoms with E-state index < -0.39 is 59.9 Å². The second-order valence-corrected chi connectivity index (χ2v) is 12.3. The number of carbonyl (C=O) groups excluding carboxylic acids is 5. The molecule has 1 aromatic heterocycles. The molecule has 0 aliphatic carbocycles. The number of fused-ring (bicyclic) bond motifs is 1. The van der Waals surface area contributed by atoms with E-state index >= 15 is 0 Å². The fourth-order valence-electron chi connectivity index (χ4n) is 6.25. The fraction of sp³-hybridized carbons (Fsp3) is 0.515. The Kier molecular flexibility index (Phi) is 11.3. The first-order valence-electron chi connectivity index (χ1n) is 16.3. The molecule has 4 heterocycles. The highest BCUT2D eigenvalue weighted by Crippen LogP contribution is 2.25. The largest absolute Gasteiger partial charge is 0.480 e. The summed E-state index contributed by atoms with van der Waals surface area (Å²) in [5.41, 5.74) is 1.34. The Morgan fingerprint density at radius 2 is 1.81 bits per heavy atom. The lowest BCUT2D eigenvalue weighted by Gasteiger charge is -2.29. The van der Waals surface area contributed by atoms with Crippen molar-refractivity contribution in [2.24, 2.45) is 0 Å². The van der Waals surface area contributed by atoms with E-state index in [1.54, 1.807) is 6.92 Å². The standard InChI is InChI=1S/C33H41N7O8/c1-19-35-17-22(28(36-19)20-8-3-2-4-9-20)29(42)37-21-16-25-30(43)39-24(33(46)47)12-13-27(41)34-14-6-5-10-23(32(45)40(25)18-21)38-31(44)26-11-7-15-48-26/h2-4,8-9,17,21,23-26H,5-7,10-16,18H2,1H3,(H,34,41)(H,37,42)(H,38,44)(H,39,43)(H,46,47)/t21-,23+,24+,25+,26+/m1/s1. The maximum absolute atomic E-state index is 14.2. The number of amides is 5. The van der Waals surface area contributed by atoms with Gasteiger partial charge in [-0.2, -0.15) is 0 Å². The van der Waals surface area contributed by atoms with Crippen molar-refractivity contribution in [2.45, 2.75) is 88.6 Å². The highest BCUT2D eigenvalue weighted by atomic mass is 16.5. The summed E-state index contributed by atoms with van der Waals surface area (Å²) in [6.45, 7) is 2.39. The number of hydrogen-bond donors (Lipinski definition) is 5. The van der Waals surface area contributed by atoms with Gasteiger partial charge in [0.1, 0.15) is 30.1 Å². The van der Waals surface area contributed by atoms with Gasteiger partial charge in [-0.05, 0) is 51.9 Å². The summed E-state index contributed by atoms with van der Waals surface area (Å²) in [6.07, 6.45) is 2.90. The molecule has 3 saturated heterocycles. The third-order valence-corrected chi connectivity index (χ3v) is 8.78. The highest BCUT2D eigenvalue weighted by Gasteiger charge is 2.44. The predicted molar refractivity (Wildman–Crippen MR) is 170 cm³/mol. The molecule has 15 nitrogen and oxygen atoms in total. The first-order chi connectivity index (χ1) is 23.1. The van der Waals surface area contributed by atoms with Crippen LogP contribution in [-0.2, 0) is 28.7 Å². The normalized spacial score (nSPS) is 25.6. The number of aliphatic carboxylic acids is 1. The van der Waals surface area contributed by atoms with Crippen LogP contribution in [0.4, 0.5) is 0 Å². The quantitative estimate of drug-likeness (QED) is 0.288. The molecule has 3 aliphatic rings. The van der Waals surface area contributed by atoms with Crippen LogP contribution in [0, 0.1) is 6.92 Å². The Labute approximate surface area is 277 Å². The van der Waals surface area contributed by atoms with Crippen molar-refractivity contribution in [1.29, 1.82) is 0 Å². The first-order valence-corrected chi connectivity index (χ1v) is 16.3. The van der Waals surface area contributed by atoms with E-state index in [9.17, 15) is 33.9 Å². The van der Waals surface area contributed by atoms with E-state index in [1.165, 1.54) is 11.1 Å². The lowest BCUT2D eigenvalue weighted by molar-refractivity contribution is -0.145. The summed E-state index contributed by atoms with van der Waals surface area (Å²) in [5.74, 6) is -3.42. The van der Waals surface area contributed by atoms with E-state index in [4.69, 9.17) is 4.74 Å². The minimum atomic E-state index is -1.38. The first kappa shape index (κ1) is 34.4. The molecule has 0 saturated carbocycles. The minimum absolute atomic E-state index is 0.0179. The van der Waals surface area contributed by atoms with E-state index in [-0.39, 0.29) is 43.7 Å². The van der Waals surface area contributed by atoms with Crippen LogP contribution in [-0.4, -0.2) is 105 Å². The lowest BCUT2D eigenvalue weighted by atomic mass is 10.1. The van der Waals surface area contributed by atoms with Gasteiger partial charge in [-0.3, -0.25) is 24.0 Å². The van der Waals surface area contributed by atoms with Crippen molar-refractivity contribution < 1.29 is 38.6 Å². The Bertz CT molecular complexity index is 1530. The number of nitrogens with zero attached hydrogens (tertiary/aromatic N) is 3. The summed E-state index contributed by atoms with van der Waals surface area (Å²) in [4.78, 5) is 89.0. The van der Waals surface area contributed by atoms with Crippen LogP contribution >= 0.6 is 0 Å². The van der Waals surface area contributed by atoms with Crippen LogP contribution < -0.4 is 21.3 Å². The number of nitrogens with one attached hydrogen (secondary N) is 4. The summed E-state index contributed by atoms with van der Waals surface area (Å²) < 4.78 is 5.51. The third kappa shape index (κ3) is 8.51. The molecule has 5 atom stereocenters. The highest BCUT2D eigenvalue weighted by molar-refractivity contribution is 6.00. The topological polar surface area (TPSA) is 209 Å². The molecular weight excluding hydrogens is 622 g/mol. The maximum Gasteiger partial charge on any atom is 0.326 e. The lowest BCUT2D eigenvalue weighted by Crippen LogP contribution is -2.56. The van der Waals surface area contributed by atoms with Gasteiger partial charge in [-0.25, -0.2) is 14.8 Å². The zero-order valence-electron chi connectivity index (χ0n) is 26.8. The molecule has 15 heteroatoms. The molecule has 256 valence electrons. The summed E-state index contributed by atoms with van der Waals surface area (Å²) in [6, 6.07) is 4.88. The van der Waals surface area contributed by atoms with Crippen LogP contribution in [0.5, 0.6) is 0 Å². The van der Waals surface area contributed by atoms with E-state index in [2.05, 4.69) is 31.2 Å². The van der Waals surface area contributed by atoms with Gasteiger partial charge in [-0.1, -0.05) is 30.3 Å². The van der Waals surface area contributed by atoms with Gasteiger partial charge in [0.15, 0.2) is 0 Å². The molecule has 5 amide bonds. The fourth-order valence-corrected chi connectivity index (χ4v) is 6.25. The second kappa shape index (κ2) is 15.8. The van der Waals surface area contributed by atoms with Crippen molar-refractivity contribution in [3.8, 4) is 11.3 Å². The number of hydrogen-bond acceptors (Lipinski definition) is 9. The number of carboxylic acid groups (broad SMARTS) is 1. The molecule has 5 N–H and O–H groups in total.